The molecule has 1 aliphatic rings. The van der Waals surface area contributed by atoms with Crippen molar-refractivity contribution in [2.75, 3.05) is 39.6 Å². The topological polar surface area (TPSA) is 103 Å². The minimum absolute atomic E-state index is 0.0211. The van der Waals surface area contributed by atoms with Crippen LogP contribution in [0.1, 0.15) is 17.3 Å². The van der Waals surface area contributed by atoms with Crippen molar-refractivity contribution in [2.45, 2.75) is 18.1 Å². The summed E-state index contributed by atoms with van der Waals surface area (Å²) in [4.78, 5) is 29.9. The van der Waals surface area contributed by atoms with Crippen LogP contribution in [-0.2, 0) is 4.79 Å². The molecular weight excluding hydrogens is 518 g/mol. The van der Waals surface area contributed by atoms with E-state index in [2.05, 4.69) is 10.2 Å². The summed E-state index contributed by atoms with van der Waals surface area (Å²) in [5.41, 5.74) is 1.42. The number of benzene rings is 2. The highest BCUT2D eigenvalue weighted by atomic mass is 32.2. The van der Waals surface area contributed by atoms with E-state index in [-0.39, 0.29) is 23.6 Å². The van der Waals surface area contributed by atoms with Gasteiger partial charge in [-0.2, -0.15) is 0 Å². The highest BCUT2D eigenvalue weighted by Gasteiger charge is 2.30. The first-order valence-corrected chi connectivity index (χ1v) is 13.5. The number of rotatable bonds is 8. The van der Waals surface area contributed by atoms with E-state index in [0.29, 0.717) is 47.7 Å². The van der Waals surface area contributed by atoms with E-state index < -0.39 is 0 Å². The van der Waals surface area contributed by atoms with Gasteiger partial charge in [-0.1, -0.05) is 11.8 Å². The van der Waals surface area contributed by atoms with Gasteiger partial charge in [-0.05, 0) is 67.6 Å². The molecule has 0 radical (unpaired) electrons. The van der Waals surface area contributed by atoms with Crippen LogP contribution in [0.25, 0.3) is 17.3 Å². The number of methoxy groups -OCH3 is 2. The summed E-state index contributed by atoms with van der Waals surface area (Å²) >= 11 is 1.31. The van der Waals surface area contributed by atoms with Crippen LogP contribution in [-0.4, -0.2) is 82.0 Å². The molecule has 10 nitrogen and oxygen atoms in total. The van der Waals surface area contributed by atoms with Crippen LogP contribution < -0.4 is 9.47 Å². The number of aromatic nitrogens is 3. The minimum Gasteiger partial charge on any atom is -0.497 e. The number of thioether (sulfide) groups is 1. The number of nitrogens with zero attached hydrogens (tertiary/aromatic N) is 5. The van der Waals surface area contributed by atoms with Crippen LogP contribution in [0.4, 0.5) is 0 Å². The van der Waals surface area contributed by atoms with Gasteiger partial charge in [0, 0.05) is 31.2 Å². The van der Waals surface area contributed by atoms with Crippen LogP contribution in [0.15, 0.2) is 76.5 Å². The Bertz CT molecular complexity index is 1420. The van der Waals surface area contributed by atoms with Crippen molar-refractivity contribution >= 4 is 23.6 Å². The van der Waals surface area contributed by atoms with E-state index in [4.69, 9.17) is 13.9 Å². The van der Waals surface area contributed by atoms with Crippen molar-refractivity contribution in [3.63, 3.8) is 0 Å². The summed E-state index contributed by atoms with van der Waals surface area (Å²) in [6.07, 6.45) is 1.58. The third kappa shape index (κ3) is 5.63. The first-order chi connectivity index (χ1) is 19.0. The molecule has 5 rings (SSSR count). The first kappa shape index (κ1) is 26.4. The largest absolute Gasteiger partial charge is 0.497 e. The normalized spacial score (nSPS) is 15.3. The molecule has 1 atom stereocenters. The van der Waals surface area contributed by atoms with Crippen LogP contribution >= 0.6 is 11.8 Å². The SMILES string of the molecule is COc1ccc(C(=O)N2CCN(C(=O)CSc3nnc(-c4ccco4)n3-c3ccc(OC)cc3)CC2C)cc1. The standard InChI is InChI=1S/C28H29N5O5S/c1-19-17-31(14-15-32(19)27(35)20-6-10-22(36-2)11-7-20)25(34)18-39-28-30-29-26(24-5-4-16-38-24)33(28)21-8-12-23(37-3)13-9-21/h4-13,16,19H,14-15,17-18H2,1-3H3. The molecule has 0 aliphatic carbocycles. The molecule has 0 spiro atoms. The Morgan fingerprint density at radius 3 is 2.28 bits per heavy atom. The average Bonchev–Trinajstić information content (AvgIpc) is 3.66. The van der Waals surface area contributed by atoms with E-state index in [1.165, 1.54) is 11.8 Å². The van der Waals surface area contributed by atoms with Crippen molar-refractivity contribution in [3.8, 4) is 28.8 Å². The fraction of sp³-hybridized carbons (Fsp3) is 0.286. The van der Waals surface area contributed by atoms with Crippen molar-refractivity contribution in [2.24, 2.45) is 0 Å². The van der Waals surface area contributed by atoms with Gasteiger partial charge in [0.2, 0.25) is 11.7 Å². The first-order valence-electron chi connectivity index (χ1n) is 12.5. The Balaban J connectivity index is 1.26. The number of amides is 2. The number of furan rings is 1. The van der Waals surface area contributed by atoms with Gasteiger partial charge in [0.25, 0.3) is 5.91 Å². The molecule has 2 aromatic carbocycles. The Kier molecular flexibility index (Phi) is 7.87. The molecule has 39 heavy (non-hydrogen) atoms. The van der Waals surface area contributed by atoms with E-state index in [0.717, 1.165) is 11.4 Å². The van der Waals surface area contributed by atoms with E-state index in [1.54, 1.807) is 55.7 Å². The maximum absolute atomic E-state index is 13.2. The zero-order chi connectivity index (χ0) is 27.4. The molecule has 0 bridgehead atoms. The summed E-state index contributed by atoms with van der Waals surface area (Å²) in [6.45, 7) is 3.36. The average molecular weight is 548 g/mol. The predicted molar refractivity (Wildman–Crippen MR) is 146 cm³/mol. The Morgan fingerprint density at radius 1 is 0.974 bits per heavy atom. The molecule has 0 saturated carbocycles. The summed E-state index contributed by atoms with van der Waals surface area (Å²) in [6, 6.07) is 18.1. The maximum atomic E-state index is 13.2. The van der Waals surface area contributed by atoms with Crippen LogP contribution in [0.3, 0.4) is 0 Å². The van der Waals surface area contributed by atoms with Gasteiger partial charge in [0.15, 0.2) is 10.9 Å². The lowest BCUT2D eigenvalue weighted by molar-refractivity contribution is -0.130. The summed E-state index contributed by atoms with van der Waals surface area (Å²) in [5.74, 6) is 2.66. The van der Waals surface area contributed by atoms with Gasteiger partial charge in [-0.3, -0.25) is 14.2 Å². The van der Waals surface area contributed by atoms with Gasteiger partial charge < -0.3 is 23.7 Å². The molecule has 202 valence electrons. The lowest BCUT2D eigenvalue weighted by Crippen LogP contribution is -2.55. The van der Waals surface area contributed by atoms with E-state index in [9.17, 15) is 9.59 Å². The third-order valence-corrected chi connectivity index (χ3v) is 7.52. The Hall–Kier alpha value is -4.25. The molecule has 2 aromatic heterocycles. The van der Waals surface area contributed by atoms with Crippen molar-refractivity contribution in [1.82, 2.24) is 24.6 Å². The fourth-order valence-electron chi connectivity index (χ4n) is 4.50. The summed E-state index contributed by atoms with van der Waals surface area (Å²) in [5, 5.41) is 9.27. The summed E-state index contributed by atoms with van der Waals surface area (Å²) < 4.78 is 17.9. The molecule has 1 unspecified atom stereocenters. The zero-order valence-corrected chi connectivity index (χ0v) is 22.8. The lowest BCUT2D eigenvalue weighted by Gasteiger charge is -2.40. The van der Waals surface area contributed by atoms with Gasteiger partial charge in [-0.15, -0.1) is 10.2 Å². The maximum Gasteiger partial charge on any atom is 0.254 e. The number of ether oxygens (including phenoxy) is 2. The number of carbonyl (C=O) groups is 2. The molecule has 2 amide bonds. The van der Waals surface area contributed by atoms with Gasteiger partial charge in [-0.25, -0.2) is 0 Å². The second-order valence-electron chi connectivity index (χ2n) is 9.02. The number of carbonyl (C=O) groups excluding carboxylic acids is 2. The van der Waals surface area contributed by atoms with Crippen molar-refractivity contribution in [3.05, 3.63) is 72.5 Å². The molecule has 1 saturated heterocycles. The Labute approximate surface area is 230 Å². The predicted octanol–water partition coefficient (Wildman–Crippen LogP) is 4.01. The van der Waals surface area contributed by atoms with Gasteiger partial charge in [0.1, 0.15) is 11.5 Å². The van der Waals surface area contributed by atoms with Crippen LogP contribution in [0, 0.1) is 0 Å². The van der Waals surface area contributed by atoms with Crippen molar-refractivity contribution in [1.29, 1.82) is 0 Å². The molecule has 1 fully saturated rings. The van der Waals surface area contributed by atoms with Crippen LogP contribution in [0.5, 0.6) is 11.5 Å². The van der Waals surface area contributed by atoms with Gasteiger partial charge in [0.05, 0.1) is 31.9 Å². The van der Waals surface area contributed by atoms with E-state index >= 15 is 0 Å². The monoisotopic (exact) mass is 547 g/mol. The highest BCUT2D eigenvalue weighted by Crippen LogP contribution is 2.29. The number of piperazine rings is 1. The van der Waals surface area contributed by atoms with Gasteiger partial charge >= 0.3 is 0 Å². The minimum atomic E-state index is -0.115. The lowest BCUT2D eigenvalue weighted by atomic mass is 10.1. The molecule has 0 N–H and O–H groups in total. The second-order valence-corrected chi connectivity index (χ2v) is 9.96. The third-order valence-electron chi connectivity index (χ3n) is 6.61. The zero-order valence-electron chi connectivity index (χ0n) is 21.9. The molecule has 4 aromatic rings. The molecule has 1 aliphatic heterocycles. The fourth-order valence-corrected chi connectivity index (χ4v) is 5.35. The Morgan fingerprint density at radius 2 is 1.67 bits per heavy atom. The van der Waals surface area contributed by atoms with Crippen molar-refractivity contribution < 1.29 is 23.5 Å². The second kappa shape index (κ2) is 11.6. The quantitative estimate of drug-likeness (QED) is 0.305. The molecule has 3 heterocycles. The smallest absolute Gasteiger partial charge is 0.254 e. The van der Waals surface area contributed by atoms with Crippen LogP contribution in [0.2, 0.25) is 0 Å². The molecule has 11 heteroatoms. The number of hydrogen-bond donors (Lipinski definition) is 0. The highest BCUT2D eigenvalue weighted by molar-refractivity contribution is 7.99. The molecular formula is C28H29N5O5S. The number of hydrogen-bond acceptors (Lipinski definition) is 8. The van der Waals surface area contributed by atoms with E-state index in [1.807, 2.05) is 46.7 Å². The summed E-state index contributed by atoms with van der Waals surface area (Å²) in [7, 11) is 3.21.